The van der Waals surface area contributed by atoms with Gasteiger partial charge in [0, 0.05) is 12.3 Å². The molecule has 0 saturated heterocycles. The van der Waals surface area contributed by atoms with Crippen LogP contribution in [-0.4, -0.2) is 21.9 Å². The number of carbonyl (C=O) groups is 2. The standard InChI is InChI=1S/C16H14N2O3/c19-15(14-2-1-11-17-14)9-7-12-3-5-13(6-4-12)8-10-16(20)18-21/h1-11,17,21H,(H,18,20). The van der Waals surface area contributed by atoms with E-state index in [0.717, 1.165) is 11.1 Å². The Hall–Kier alpha value is -2.92. The van der Waals surface area contributed by atoms with Crippen LogP contribution >= 0.6 is 0 Å². The Balaban J connectivity index is 2.01. The summed E-state index contributed by atoms with van der Waals surface area (Å²) in [5, 5.41) is 8.36. The van der Waals surface area contributed by atoms with E-state index in [-0.39, 0.29) is 5.78 Å². The third kappa shape index (κ3) is 4.29. The van der Waals surface area contributed by atoms with Gasteiger partial charge in [-0.05, 0) is 35.4 Å². The van der Waals surface area contributed by atoms with Crippen LogP contribution < -0.4 is 5.48 Å². The van der Waals surface area contributed by atoms with Crippen molar-refractivity contribution in [2.24, 2.45) is 0 Å². The van der Waals surface area contributed by atoms with Crippen molar-refractivity contribution in [2.45, 2.75) is 0 Å². The van der Waals surface area contributed by atoms with E-state index in [0.29, 0.717) is 5.69 Å². The summed E-state index contributed by atoms with van der Waals surface area (Å²) in [7, 11) is 0. The lowest BCUT2D eigenvalue weighted by atomic mass is 10.1. The molecule has 0 unspecified atom stereocenters. The summed E-state index contributed by atoms with van der Waals surface area (Å²) in [5.41, 5.74) is 3.74. The smallest absolute Gasteiger partial charge is 0.267 e. The number of ketones is 1. The number of amides is 1. The van der Waals surface area contributed by atoms with Gasteiger partial charge in [0.15, 0.2) is 0 Å². The molecular weight excluding hydrogens is 268 g/mol. The van der Waals surface area contributed by atoms with Crippen LogP contribution in [-0.2, 0) is 4.79 Å². The second-order valence-electron chi connectivity index (χ2n) is 4.26. The van der Waals surface area contributed by atoms with Crippen molar-refractivity contribution >= 4 is 23.8 Å². The number of nitrogens with one attached hydrogen (secondary N) is 2. The van der Waals surface area contributed by atoms with Gasteiger partial charge in [0.1, 0.15) is 0 Å². The molecule has 2 aromatic rings. The van der Waals surface area contributed by atoms with E-state index in [1.165, 1.54) is 17.6 Å². The summed E-state index contributed by atoms with van der Waals surface area (Å²) in [6.45, 7) is 0. The molecule has 0 fully saturated rings. The zero-order valence-corrected chi connectivity index (χ0v) is 11.1. The molecular formula is C16H14N2O3. The molecule has 0 radical (unpaired) electrons. The summed E-state index contributed by atoms with van der Waals surface area (Å²) >= 11 is 0. The molecule has 5 nitrogen and oxygen atoms in total. The van der Waals surface area contributed by atoms with Crippen LogP contribution in [0.1, 0.15) is 21.6 Å². The Morgan fingerprint density at radius 3 is 2.14 bits per heavy atom. The van der Waals surface area contributed by atoms with Gasteiger partial charge in [-0.2, -0.15) is 0 Å². The number of aromatic amines is 1. The maximum atomic E-state index is 11.8. The normalized spacial score (nSPS) is 11.1. The highest BCUT2D eigenvalue weighted by Crippen LogP contribution is 2.09. The van der Waals surface area contributed by atoms with Gasteiger partial charge in [0.2, 0.25) is 5.78 Å². The Morgan fingerprint density at radius 1 is 1.00 bits per heavy atom. The molecule has 0 aliphatic heterocycles. The van der Waals surface area contributed by atoms with Crippen molar-refractivity contribution in [3.05, 3.63) is 71.6 Å². The molecule has 106 valence electrons. The molecule has 3 N–H and O–H groups in total. The third-order valence-corrected chi connectivity index (χ3v) is 2.76. The Kier molecular flexibility index (Phi) is 4.84. The van der Waals surface area contributed by atoms with Crippen molar-refractivity contribution in [2.75, 3.05) is 0 Å². The van der Waals surface area contributed by atoms with Gasteiger partial charge < -0.3 is 4.98 Å². The molecule has 1 amide bonds. The van der Waals surface area contributed by atoms with Crippen LogP contribution in [0.4, 0.5) is 0 Å². The lowest BCUT2D eigenvalue weighted by molar-refractivity contribution is -0.124. The highest BCUT2D eigenvalue weighted by atomic mass is 16.5. The number of benzene rings is 1. The van der Waals surface area contributed by atoms with Crippen molar-refractivity contribution in [3.63, 3.8) is 0 Å². The fourth-order valence-electron chi connectivity index (χ4n) is 1.67. The molecule has 0 aliphatic carbocycles. The van der Waals surface area contributed by atoms with Gasteiger partial charge >= 0.3 is 0 Å². The van der Waals surface area contributed by atoms with Gasteiger partial charge in [0.05, 0.1) is 5.69 Å². The lowest BCUT2D eigenvalue weighted by Gasteiger charge is -1.96. The second kappa shape index (κ2) is 7.02. The number of rotatable bonds is 5. The van der Waals surface area contributed by atoms with E-state index in [1.54, 1.807) is 42.6 Å². The fraction of sp³-hybridized carbons (Fsp3) is 0. The summed E-state index contributed by atoms with van der Waals surface area (Å²) in [6.07, 6.45) is 7.71. The number of hydroxylamine groups is 1. The van der Waals surface area contributed by atoms with E-state index in [2.05, 4.69) is 4.98 Å². The maximum Gasteiger partial charge on any atom is 0.267 e. The fourth-order valence-corrected chi connectivity index (χ4v) is 1.67. The van der Waals surface area contributed by atoms with E-state index in [4.69, 9.17) is 5.21 Å². The lowest BCUT2D eigenvalue weighted by Crippen LogP contribution is -2.14. The molecule has 0 atom stereocenters. The minimum Gasteiger partial charge on any atom is -0.359 e. The van der Waals surface area contributed by atoms with Crippen molar-refractivity contribution in [3.8, 4) is 0 Å². The molecule has 2 rings (SSSR count). The number of allylic oxidation sites excluding steroid dienone is 1. The number of hydrogen-bond donors (Lipinski definition) is 3. The zero-order valence-electron chi connectivity index (χ0n) is 11.1. The first-order valence-corrected chi connectivity index (χ1v) is 6.27. The Bertz CT molecular complexity index is 668. The SMILES string of the molecule is O=C(C=Cc1ccc(C=CC(=O)c2ccc[nH]2)cc1)NO. The van der Waals surface area contributed by atoms with E-state index in [9.17, 15) is 9.59 Å². The van der Waals surface area contributed by atoms with E-state index in [1.807, 2.05) is 12.1 Å². The molecule has 21 heavy (non-hydrogen) atoms. The predicted molar refractivity (Wildman–Crippen MR) is 79.6 cm³/mol. The number of hydrogen-bond acceptors (Lipinski definition) is 3. The monoisotopic (exact) mass is 282 g/mol. The topological polar surface area (TPSA) is 82.2 Å². The van der Waals surface area contributed by atoms with E-state index >= 15 is 0 Å². The van der Waals surface area contributed by atoms with Crippen LogP contribution in [0, 0.1) is 0 Å². The van der Waals surface area contributed by atoms with Crippen LogP contribution in [0.25, 0.3) is 12.2 Å². The van der Waals surface area contributed by atoms with E-state index < -0.39 is 5.91 Å². The molecule has 0 bridgehead atoms. The number of aromatic nitrogens is 1. The van der Waals surface area contributed by atoms with Gasteiger partial charge in [-0.1, -0.05) is 30.3 Å². The third-order valence-electron chi connectivity index (χ3n) is 2.76. The summed E-state index contributed by atoms with van der Waals surface area (Å²) < 4.78 is 0. The zero-order chi connectivity index (χ0) is 15.1. The van der Waals surface area contributed by atoms with Gasteiger partial charge in [0.25, 0.3) is 5.91 Å². The summed E-state index contributed by atoms with van der Waals surface area (Å²) in [4.78, 5) is 25.4. The summed E-state index contributed by atoms with van der Waals surface area (Å²) in [5.74, 6) is -0.681. The highest BCUT2D eigenvalue weighted by molar-refractivity contribution is 6.05. The van der Waals surface area contributed by atoms with Crippen LogP contribution in [0.15, 0.2) is 54.7 Å². The highest BCUT2D eigenvalue weighted by Gasteiger charge is 2.00. The molecule has 1 aromatic heterocycles. The second-order valence-corrected chi connectivity index (χ2v) is 4.26. The molecule has 1 aromatic carbocycles. The first-order chi connectivity index (χ1) is 10.2. The quantitative estimate of drug-likeness (QED) is 0.341. The average Bonchev–Trinajstić information content (AvgIpc) is 3.05. The van der Waals surface area contributed by atoms with Crippen LogP contribution in [0.3, 0.4) is 0 Å². The van der Waals surface area contributed by atoms with Gasteiger partial charge in [-0.25, -0.2) is 5.48 Å². The van der Waals surface area contributed by atoms with Crippen molar-refractivity contribution < 1.29 is 14.8 Å². The maximum absolute atomic E-state index is 11.8. The van der Waals surface area contributed by atoms with Gasteiger partial charge in [-0.3, -0.25) is 14.8 Å². The summed E-state index contributed by atoms with van der Waals surface area (Å²) in [6, 6.07) is 10.8. The minimum atomic E-state index is -0.587. The largest absolute Gasteiger partial charge is 0.359 e. The molecule has 0 spiro atoms. The average molecular weight is 282 g/mol. The molecule has 0 saturated carbocycles. The Labute approximate surface area is 121 Å². The van der Waals surface area contributed by atoms with Crippen molar-refractivity contribution in [1.29, 1.82) is 0 Å². The minimum absolute atomic E-state index is 0.0939. The Morgan fingerprint density at radius 2 is 1.62 bits per heavy atom. The predicted octanol–water partition coefficient (Wildman–Crippen LogP) is 2.43. The van der Waals surface area contributed by atoms with Gasteiger partial charge in [-0.15, -0.1) is 0 Å². The first-order valence-electron chi connectivity index (χ1n) is 6.27. The molecule has 5 heteroatoms. The molecule has 1 heterocycles. The number of carbonyl (C=O) groups excluding carboxylic acids is 2. The van der Waals surface area contributed by atoms with Crippen LogP contribution in [0.5, 0.6) is 0 Å². The molecule has 0 aliphatic rings. The number of H-pyrrole nitrogens is 1. The van der Waals surface area contributed by atoms with Crippen molar-refractivity contribution in [1.82, 2.24) is 10.5 Å². The van der Waals surface area contributed by atoms with Crippen LogP contribution in [0.2, 0.25) is 0 Å². The first kappa shape index (κ1) is 14.5.